The van der Waals surface area contributed by atoms with Crippen molar-refractivity contribution in [1.82, 2.24) is 9.62 Å². The number of nitrogens with zero attached hydrogens (tertiary/aromatic N) is 1. The van der Waals surface area contributed by atoms with Crippen molar-refractivity contribution in [2.45, 2.75) is 11.3 Å². The number of likely N-dealkylation sites (N-methyl/N-ethyl adjacent to an activating group) is 1. The molecule has 0 fully saturated rings. The zero-order chi connectivity index (χ0) is 19.9. The Morgan fingerprint density at radius 1 is 1.07 bits per heavy atom. The van der Waals surface area contributed by atoms with Crippen molar-refractivity contribution in [3.8, 4) is 11.5 Å². The molecule has 0 aliphatic heterocycles. The highest BCUT2D eigenvalue weighted by molar-refractivity contribution is 7.89. The molecule has 1 N–H and O–H groups in total. The van der Waals surface area contributed by atoms with E-state index in [1.165, 1.54) is 33.4 Å². The van der Waals surface area contributed by atoms with Gasteiger partial charge in [0.1, 0.15) is 16.4 Å². The molecule has 0 aliphatic carbocycles. The van der Waals surface area contributed by atoms with Crippen LogP contribution in [0.5, 0.6) is 11.5 Å². The molecule has 2 aromatic carbocycles. The molecule has 7 nitrogen and oxygen atoms in total. The SMILES string of the molecule is COc1ccc(OC)c(S(=O)(=O)N(C)CC(=O)NCCc2ccccc2)c1. The van der Waals surface area contributed by atoms with Crippen LogP contribution in [0.1, 0.15) is 5.56 Å². The van der Waals surface area contributed by atoms with E-state index in [4.69, 9.17) is 9.47 Å². The van der Waals surface area contributed by atoms with Crippen LogP contribution in [0.15, 0.2) is 53.4 Å². The van der Waals surface area contributed by atoms with Crippen LogP contribution < -0.4 is 14.8 Å². The third-order valence-electron chi connectivity index (χ3n) is 4.00. The molecule has 2 rings (SSSR count). The summed E-state index contributed by atoms with van der Waals surface area (Å²) in [5, 5.41) is 2.74. The molecular formula is C19H24N2O5S. The average Bonchev–Trinajstić information content (AvgIpc) is 2.68. The fourth-order valence-electron chi connectivity index (χ4n) is 2.49. The molecule has 0 aliphatic rings. The first-order valence-electron chi connectivity index (χ1n) is 8.37. The van der Waals surface area contributed by atoms with Gasteiger partial charge in [-0.1, -0.05) is 30.3 Å². The maximum atomic E-state index is 12.8. The Hall–Kier alpha value is -2.58. The Morgan fingerprint density at radius 2 is 1.78 bits per heavy atom. The maximum Gasteiger partial charge on any atom is 0.247 e. The summed E-state index contributed by atoms with van der Waals surface area (Å²) in [4.78, 5) is 12.1. The summed E-state index contributed by atoms with van der Waals surface area (Å²) < 4.78 is 36.9. The topological polar surface area (TPSA) is 84.9 Å². The van der Waals surface area contributed by atoms with Gasteiger partial charge >= 0.3 is 0 Å². The molecule has 146 valence electrons. The second kappa shape index (κ2) is 9.38. The number of carbonyl (C=O) groups is 1. The Morgan fingerprint density at radius 3 is 2.41 bits per heavy atom. The van der Waals surface area contributed by atoms with E-state index in [1.807, 2.05) is 30.3 Å². The number of sulfonamides is 1. The number of hydrogen-bond acceptors (Lipinski definition) is 5. The van der Waals surface area contributed by atoms with Crippen molar-refractivity contribution in [1.29, 1.82) is 0 Å². The van der Waals surface area contributed by atoms with Gasteiger partial charge in [-0.2, -0.15) is 4.31 Å². The fraction of sp³-hybridized carbons (Fsp3) is 0.316. The van der Waals surface area contributed by atoms with Crippen LogP contribution in [-0.2, 0) is 21.2 Å². The second-order valence-electron chi connectivity index (χ2n) is 5.86. The standard InChI is InChI=1S/C19H24N2O5S/c1-21(14-19(22)20-12-11-15-7-5-4-6-8-15)27(23,24)18-13-16(25-2)9-10-17(18)26-3/h4-10,13H,11-12,14H2,1-3H3,(H,20,22). The monoisotopic (exact) mass is 392 g/mol. The quantitative estimate of drug-likeness (QED) is 0.702. The Balaban J connectivity index is 2.01. The van der Waals surface area contributed by atoms with Gasteiger partial charge in [0.25, 0.3) is 0 Å². The molecule has 0 saturated heterocycles. The summed E-state index contributed by atoms with van der Waals surface area (Å²) in [7, 11) is 0.266. The molecule has 0 aromatic heterocycles. The molecule has 0 radical (unpaired) electrons. The number of hydrogen-bond donors (Lipinski definition) is 1. The lowest BCUT2D eigenvalue weighted by Crippen LogP contribution is -2.39. The highest BCUT2D eigenvalue weighted by Gasteiger charge is 2.27. The van der Waals surface area contributed by atoms with Gasteiger partial charge in [-0.15, -0.1) is 0 Å². The van der Waals surface area contributed by atoms with E-state index in [0.717, 1.165) is 9.87 Å². The molecule has 8 heteroatoms. The first kappa shape index (κ1) is 20.7. The zero-order valence-corrected chi connectivity index (χ0v) is 16.5. The largest absolute Gasteiger partial charge is 0.497 e. The Labute approximate surface area is 160 Å². The van der Waals surface area contributed by atoms with Crippen molar-refractivity contribution < 1.29 is 22.7 Å². The minimum absolute atomic E-state index is 0.0519. The number of rotatable bonds is 9. The second-order valence-corrected chi connectivity index (χ2v) is 7.88. The van der Waals surface area contributed by atoms with Crippen LogP contribution in [0.4, 0.5) is 0 Å². The van der Waals surface area contributed by atoms with Gasteiger partial charge in [0, 0.05) is 19.7 Å². The zero-order valence-electron chi connectivity index (χ0n) is 15.6. The third-order valence-corrected chi connectivity index (χ3v) is 5.83. The Kier molecular flexibility index (Phi) is 7.20. The molecule has 0 atom stereocenters. The van der Waals surface area contributed by atoms with Crippen molar-refractivity contribution >= 4 is 15.9 Å². The first-order chi connectivity index (χ1) is 12.9. The predicted molar refractivity (Wildman–Crippen MR) is 103 cm³/mol. The molecule has 0 bridgehead atoms. The summed E-state index contributed by atoms with van der Waals surface area (Å²) >= 11 is 0. The number of ether oxygens (including phenoxy) is 2. The smallest absolute Gasteiger partial charge is 0.247 e. The number of carbonyl (C=O) groups excluding carboxylic acids is 1. The van der Waals surface area contributed by atoms with E-state index < -0.39 is 10.0 Å². The summed E-state index contributed by atoms with van der Waals surface area (Å²) in [5.41, 5.74) is 1.10. The molecule has 2 aromatic rings. The molecule has 1 amide bonds. The minimum Gasteiger partial charge on any atom is -0.497 e. The predicted octanol–water partition coefficient (Wildman–Crippen LogP) is 1.68. The highest BCUT2D eigenvalue weighted by atomic mass is 32.2. The van der Waals surface area contributed by atoms with E-state index >= 15 is 0 Å². The summed E-state index contributed by atoms with van der Waals surface area (Å²) in [6.07, 6.45) is 0.673. The van der Waals surface area contributed by atoms with Crippen molar-refractivity contribution in [3.63, 3.8) is 0 Å². The molecule has 0 saturated carbocycles. The van der Waals surface area contributed by atoms with E-state index in [9.17, 15) is 13.2 Å². The third kappa shape index (κ3) is 5.45. The van der Waals surface area contributed by atoms with Crippen LogP contribution in [0.2, 0.25) is 0 Å². The van der Waals surface area contributed by atoms with E-state index in [1.54, 1.807) is 6.07 Å². The summed E-state index contributed by atoms with van der Waals surface area (Å²) in [5.74, 6) is 0.195. The van der Waals surface area contributed by atoms with Gasteiger partial charge in [0.05, 0.1) is 20.8 Å². The molecule has 0 spiro atoms. The minimum atomic E-state index is -3.92. The first-order valence-corrected chi connectivity index (χ1v) is 9.81. The fourth-order valence-corrected chi connectivity index (χ4v) is 3.78. The highest BCUT2D eigenvalue weighted by Crippen LogP contribution is 2.29. The van der Waals surface area contributed by atoms with Crippen LogP contribution >= 0.6 is 0 Å². The van der Waals surface area contributed by atoms with Gasteiger partial charge in [0.15, 0.2) is 0 Å². The number of benzene rings is 2. The van der Waals surface area contributed by atoms with E-state index in [2.05, 4.69) is 5.32 Å². The number of nitrogens with one attached hydrogen (secondary N) is 1. The van der Waals surface area contributed by atoms with Gasteiger partial charge in [-0.3, -0.25) is 4.79 Å². The van der Waals surface area contributed by atoms with E-state index in [-0.39, 0.29) is 23.1 Å². The maximum absolute atomic E-state index is 12.8. The lowest BCUT2D eigenvalue weighted by molar-refractivity contribution is -0.121. The lowest BCUT2D eigenvalue weighted by Gasteiger charge is -2.19. The van der Waals surface area contributed by atoms with Crippen LogP contribution in [0.25, 0.3) is 0 Å². The van der Waals surface area contributed by atoms with Crippen molar-refractivity contribution in [2.75, 3.05) is 34.4 Å². The molecular weight excluding hydrogens is 368 g/mol. The molecule has 0 heterocycles. The summed E-state index contributed by atoms with van der Waals surface area (Å²) in [6.45, 7) is 0.136. The lowest BCUT2D eigenvalue weighted by atomic mass is 10.1. The summed E-state index contributed by atoms with van der Waals surface area (Å²) in [6, 6.07) is 14.2. The van der Waals surface area contributed by atoms with Crippen LogP contribution in [0.3, 0.4) is 0 Å². The Bertz CT molecular complexity index is 869. The van der Waals surface area contributed by atoms with Crippen molar-refractivity contribution in [2.24, 2.45) is 0 Å². The number of amides is 1. The van der Waals surface area contributed by atoms with E-state index in [0.29, 0.717) is 18.7 Å². The van der Waals surface area contributed by atoms with Crippen molar-refractivity contribution in [3.05, 3.63) is 54.1 Å². The number of methoxy groups -OCH3 is 2. The van der Waals surface area contributed by atoms with Gasteiger partial charge < -0.3 is 14.8 Å². The van der Waals surface area contributed by atoms with Crippen LogP contribution in [-0.4, -0.2) is 53.0 Å². The molecule has 27 heavy (non-hydrogen) atoms. The van der Waals surface area contributed by atoms with Gasteiger partial charge in [0.2, 0.25) is 15.9 Å². The molecule has 0 unspecified atom stereocenters. The average molecular weight is 392 g/mol. The van der Waals surface area contributed by atoms with Gasteiger partial charge in [-0.05, 0) is 24.1 Å². The van der Waals surface area contributed by atoms with Crippen LogP contribution in [0, 0.1) is 0 Å². The normalized spacial score (nSPS) is 11.3. The van der Waals surface area contributed by atoms with Gasteiger partial charge in [-0.25, -0.2) is 8.42 Å².